The molecule has 3 heteroatoms. The number of aliphatic carboxylic acids is 1. The standard InChI is InChI=1S/C14H21NO2/c1-12-7-9-13(10-8-12)15(2)11-5-3-4-6-14(16)17/h7-10H,3-6,11H2,1-2H3,(H,16,17). The van der Waals surface area contributed by atoms with Crippen molar-refractivity contribution >= 4 is 11.7 Å². The van der Waals surface area contributed by atoms with Gasteiger partial charge in [-0.1, -0.05) is 24.1 Å². The quantitative estimate of drug-likeness (QED) is 0.738. The Balaban J connectivity index is 2.23. The maximum Gasteiger partial charge on any atom is 0.303 e. The zero-order chi connectivity index (χ0) is 12.7. The fourth-order valence-corrected chi connectivity index (χ4v) is 1.73. The van der Waals surface area contributed by atoms with Crippen LogP contribution >= 0.6 is 0 Å². The molecule has 1 aromatic rings. The highest BCUT2D eigenvalue weighted by Crippen LogP contribution is 2.14. The number of carbonyl (C=O) groups is 1. The molecule has 0 bridgehead atoms. The molecule has 0 aliphatic carbocycles. The SMILES string of the molecule is Cc1ccc(N(C)CCCCCC(=O)O)cc1. The predicted molar refractivity (Wildman–Crippen MR) is 70.6 cm³/mol. The van der Waals surface area contributed by atoms with Gasteiger partial charge in [0.15, 0.2) is 0 Å². The summed E-state index contributed by atoms with van der Waals surface area (Å²) >= 11 is 0. The van der Waals surface area contributed by atoms with Gasteiger partial charge < -0.3 is 10.0 Å². The van der Waals surface area contributed by atoms with E-state index in [0.717, 1.165) is 25.8 Å². The predicted octanol–water partition coefficient (Wildman–Crippen LogP) is 3.08. The fraction of sp³-hybridized carbons (Fsp3) is 0.500. The van der Waals surface area contributed by atoms with Gasteiger partial charge in [0.05, 0.1) is 0 Å². The zero-order valence-corrected chi connectivity index (χ0v) is 10.6. The van der Waals surface area contributed by atoms with E-state index in [1.807, 2.05) is 0 Å². The molecule has 0 heterocycles. The van der Waals surface area contributed by atoms with Crippen molar-refractivity contribution in [3.8, 4) is 0 Å². The summed E-state index contributed by atoms with van der Waals surface area (Å²) in [6, 6.07) is 8.45. The van der Waals surface area contributed by atoms with Gasteiger partial charge in [0.1, 0.15) is 0 Å². The minimum absolute atomic E-state index is 0.286. The molecule has 0 saturated carbocycles. The maximum atomic E-state index is 10.3. The Kier molecular flexibility index (Phi) is 5.53. The van der Waals surface area contributed by atoms with Crippen molar-refractivity contribution in [1.82, 2.24) is 0 Å². The molecule has 17 heavy (non-hydrogen) atoms. The minimum Gasteiger partial charge on any atom is -0.481 e. The van der Waals surface area contributed by atoms with E-state index in [1.54, 1.807) is 0 Å². The molecule has 0 atom stereocenters. The lowest BCUT2D eigenvalue weighted by Gasteiger charge is -2.19. The third-order valence-electron chi connectivity index (χ3n) is 2.86. The summed E-state index contributed by atoms with van der Waals surface area (Å²) in [6.45, 7) is 3.05. The van der Waals surface area contributed by atoms with Gasteiger partial charge in [-0.3, -0.25) is 4.79 Å². The van der Waals surface area contributed by atoms with Crippen LogP contribution in [0.1, 0.15) is 31.2 Å². The van der Waals surface area contributed by atoms with Crippen molar-refractivity contribution in [2.45, 2.75) is 32.6 Å². The van der Waals surface area contributed by atoms with Gasteiger partial charge >= 0.3 is 5.97 Å². The molecule has 0 radical (unpaired) electrons. The summed E-state index contributed by atoms with van der Waals surface area (Å²) < 4.78 is 0. The van der Waals surface area contributed by atoms with Crippen molar-refractivity contribution in [1.29, 1.82) is 0 Å². The van der Waals surface area contributed by atoms with Crippen molar-refractivity contribution < 1.29 is 9.90 Å². The van der Waals surface area contributed by atoms with E-state index < -0.39 is 5.97 Å². The van der Waals surface area contributed by atoms with Crippen LogP contribution in [0.5, 0.6) is 0 Å². The van der Waals surface area contributed by atoms with Gasteiger partial charge in [-0.05, 0) is 31.9 Å². The Bertz CT molecular complexity index is 346. The van der Waals surface area contributed by atoms with Crippen molar-refractivity contribution in [3.63, 3.8) is 0 Å². The van der Waals surface area contributed by atoms with Gasteiger partial charge in [0.2, 0.25) is 0 Å². The molecule has 0 spiro atoms. The first-order valence-electron chi connectivity index (χ1n) is 6.09. The average Bonchev–Trinajstić information content (AvgIpc) is 2.29. The third-order valence-corrected chi connectivity index (χ3v) is 2.86. The number of unbranched alkanes of at least 4 members (excludes halogenated alkanes) is 2. The van der Waals surface area contributed by atoms with Crippen LogP contribution < -0.4 is 4.90 Å². The zero-order valence-electron chi connectivity index (χ0n) is 10.6. The first-order chi connectivity index (χ1) is 8.09. The van der Waals surface area contributed by atoms with E-state index in [1.165, 1.54) is 11.3 Å². The summed E-state index contributed by atoms with van der Waals surface area (Å²) in [5, 5.41) is 8.52. The Labute approximate surface area is 103 Å². The van der Waals surface area contributed by atoms with E-state index in [-0.39, 0.29) is 6.42 Å². The van der Waals surface area contributed by atoms with E-state index in [9.17, 15) is 4.79 Å². The molecule has 1 rings (SSSR count). The number of rotatable bonds is 7. The fourth-order valence-electron chi connectivity index (χ4n) is 1.73. The van der Waals surface area contributed by atoms with Crippen LogP contribution in [0.2, 0.25) is 0 Å². The normalized spacial score (nSPS) is 10.2. The molecule has 1 aromatic carbocycles. The van der Waals surface area contributed by atoms with Crippen LogP contribution in [-0.4, -0.2) is 24.7 Å². The van der Waals surface area contributed by atoms with Crippen LogP contribution in [0.3, 0.4) is 0 Å². The Hall–Kier alpha value is -1.51. The molecule has 0 aliphatic heterocycles. The van der Waals surface area contributed by atoms with Crippen LogP contribution in [0.25, 0.3) is 0 Å². The highest BCUT2D eigenvalue weighted by atomic mass is 16.4. The van der Waals surface area contributed by atoms with E-state index in [4.69, 9.17) is 5.11 Å². The highest BCUT2D eigenvalue weighted by Gasteiger charge is 2.01. The lowest BCUT2D eigenvalue weighted by atomic mass is 10.1. The van der Waals surface area contributed by atoms with Crippen molar-refractivity contribution in [3.05, 3.63) is 29.8 Å². The van der Waals surface area contributed by atoms with Crippen LogP contribution in [-0.2, 0) is 4.79 Å². The molecular weight excluding hydrogens is 214 g/mol. The van der Waals surface area contributed by atoms with Crippen molar-refractivity contribution in [2.24, 2.45) is 0 Å². The van der Waals surface area contributed by atoms with Gasteiger partial charge in [-0.15, -0.1) is 0 Å². The molecule has 1 N–H and O–H groups in total. The second-order valence-corrected chi connectivity index (χ2v) is 4.46. The molecule has 0 saturated heterocycles. The summed E-state index contributed by atoms with van der Waals surface area (Å²) in [5.41, 5.74) is 2.48. The molecule has 0 aromatic heterocycles. The summed E-state index contributed by atoms with van der Waals surface area (Å²) in [7, 11) is 2.07. The molecule has 0 aliphatic rings. The Morgan fingerprint density at radius 1 is 1.18 bits per heavy atom. The number of aryl methyl sites for hydroxylation is 1. The minimum atomic E-state index is -0.697. The molecule has 0 unspecified atom stereocenters. The number of hydrogen-bond donors (Lipinski definition) is 1. The number of anilines is 1. The number of benzene rings is 1. The van der Waals surface area contributed by atoms with E-state index in [2.05, 4.69) is 43.1 Å². The number of nitrogens with zero attached hydrogens (tertiary/aromatic N) is 1. The monoisotopic (exact) mass is 235 g/mol. The van der Waals surface area contributed by atoms with Crippen molar-refractivity contribution in [2.75, 3.05) is 18.5 Å². The van der Waals surface area contributed by atoms with Crippen LogP contribution in [0.4, 0.5) is 5.69 Å². The second-order valence-electron chi connectivity index (χ2n) is 4.46. The second kappa shape index (κ2) is 6.94. The lowest BCUT2D eigenvalue weighted by Crippen LogP contribution is -2.18. The maximum absolute atomic E-state index is 10.3. The molecule has 3 nitrogen and oxygen atoms in total. The lowest BCUT2D eigenvalue weighted by molar-refractivity contribution is -0.137. The first kappa shape index (κ1) is 13.6. The highest BCUT2D eigenvalue weighted by molar-refractivity contribution is 5.66. The molecule has 0 amide bonds. The molecule has 0 fully saturated rings. The first-order valence-corrected chi connectivity index (χ1v) is 6.09. The summed E-state index contributed by atoms with van der Waals surface area (Å²) in [4.78, 5) is 12.5. The van der Waals surface area contributed by atoms with Crippen LogP contribution in [0.15, 0.2) is 24.3 Å². The van der Waals surface area contributed by atoms with Gasteiger partial charge in [-0.25, -0.2) is 0 Å². The number of carboxylic acid groups (broad SMARTS) is 1. The van der Waals surface area contributed by atoms with Gasteiger partial charge in [-0.2, -0.15) is 0 Å². The number of carboxylic acids is 1. The Morgan fingerprint density at radius 3 is 2.41 bits per heavy atom. The van der Waals surface area contributed by atoms with E-state index >= 15 is 0 Å². The third kappa shape index (κ3) is 5.38. The van der Waals surface area contributed by atoms with Crippen LogP contribution in [0, 0.1) is 6.92 Å². The number of hydrogen-bond acceptors (Lipinski definition) is 2. The molecular formula is C14H21NO2. The van der Waals surface area contributed by atoms with Gasteiger partial charge in [0.25, 0.3) is 0 Å². The largest absolute Gasteiger partial charge is 0.481 e. The Morgan fingerprint density at radius 2 is 1.82 bits per heavy atom. The topological polar surface area (TPSA) is 40.5 Å². The summed E-state index contributed by atoms with van der Waals surface area (Å²) in [6.07, 6.45) is 3.07. The molecule has 94 valence electrons. The smallest absolute Gasteiger partial charge is 0.303 e. The van der Waals surface area contributed by atoms with E-state index in [0.29, 0.717) is 0 Å². The average molecular weight is 235 g/mol. The summed E-state index contributed by atoms with van der Waals surface area (Å²) in [5.74, 6) is -0.697. The van der Waals surface area contributed by atoms with Gasteiger partial charge in [0, 0.05) is 25.7 Å².